The summed E-state index contributed by atoms with van der Waals surface area (Å²) in [5.74, 6) is 3.15. The molecule has 0 aromatic heterocycles. The molecule has 0 saturated heterocycles. The lowest BCUT2D eigenvalue weighted by Gasteiger charge is -2.16. The monoisotopic (exact) mass is 232 g/mol. The number of halogens is 1. The Morgan fingerprint density at radius 3 is 2.41 bits per heavy atom. The Morgan fingerprint density at radius 2 is 1.76 bits per heavy atom. The van der Waals surface area contributed by atoms with Crippen molar-refractivity contribution in [3.63, 3.8) is 0 Å². The molecular formula is C15H17FO. The second kappa shape index (κ2) is 3.32. The van der Waals surface area contributed by atoms with Crippen molar-refractivity contribution in [1.29, 1.82) is 0 Å². The summed E-state index contributed by atoms with van der Waals surface area (Å²) in [4.78, 5) is 0. The summed E-state index contributed by atoms with van der Waals surface area (Å²) in [5.41, 5.74) is 0.506. The van der Waals surface area contributed by atoms with Crippen LogP contribution >= 0.6 is 0 Å². The van der Waals surface area contributed by atoms with Crippen LogP contribution in [-0.2, 0) is 0 Å². The zero-order valence-electron chi connectivity index (χ0n) is 9.72. The summed E-state index contributed by atoms with van der Waals surface area (Å²) in [5, 5.41) is 10.4. The molecule has 3 fully saturated rings. The van der Waals surface area contributed by atoms with E-state index in [1.54, 1.807) is 12.1 Å². The van der Waals surface area contributed by atoms with Crippen molar-refractivity contribution in [3.8, 4) is 0 Å². The average molecular weight is 232 g/mol. The van der Waals surface area contributed by atoms with Gasteiger partial charge in [-0.25, -0.2) is 4.39 Å². The summed E-state index contributed by atoms with van der Waals surface area (Å²) >= 11 is 0. The zero-order chi connectivity index (χ0) is 11.6. The molecule has 17 heavy (non-hydrogen) atoms. The van der Waals surface area contributed by atoms with E-state index < -0.39 is 6.10 Å². The lowest BCUT2D eigenvalue weighted by atomic mass is 9.95. The molecule has 3 saturated carbocycles. The van der Waals surface area contributed by atoms with E-state index in [9.17, 15) is 9.50 Å². The Labute approximate surface area is 101 Å². The highest BCUT2D eigenvalue weighted by Gasteiger charge is 2.66. The van der Waals surface area contributed by atoms with Gasteiger partial charge >= 0.3 is 0 Å². The van der Waals surface area contributed by atoms with E-state index in [-0.39, 0.29) is 5.82 Å². The fourth-order valence-electron chi connectivity index (χ4n) is 4.74. The second-order valence-corrected chi connectivity index (χ2v) is 6.03. The predicted octanol–water partition coefficient (Wildman–Crippen LogP) is 3.15. The van der Waals surface area contributed by atoms with Crippen LogP contribution in [0.3, 0.4) is 0 Å². The average Bonchev–Trinajstić information content (AvgIpc) is 2.77. The maximum atomic E-state index is 13.7. The third-order valence-corrected chi connectivity index (χ3v) is 5.38. The van der Waals surface area contributed by atoms with Gasteiger partial charge in [-0.2, -0.15) is 0 Å². The Balaban J connectivity index is 1.60. The van der Waals surface area contributed by atoms with Crippen molar-refractivity contribution < 1.29 is 9.50 Å². The molecule has 4 rings (SSSR count). The van der Waals surface area contributed by atoms with Gasteiger partial charge in [-0.05, 0) is 54.9 Å². The first-order valence-electron chi connectivity index (χ1n) is 6.70. The van der Waals surface area contributed by atoms with Crippen LogP contribution in [0.15, 0.2) is 24.3 Å². The zero-order valence-corrected chi connectivity index (χ0v) is 9.72. The topological polar surface area (TPSA) is 20.2 Å². The van der Waals surface area contributed by atoms with Gasteiger partial charge in [0.15, 0.2) is 0 Å². The Kier molecular flexibility index (Phi) is 1.97. The maximum Gasteiger partial charge on any atom is 0.129 e. The molecular weight excluding hydrogens is 215 g/mol. The van der Waals surface area contributed by atoms with Gasteiger partial charge in [0, 0.05) is 5.56 Å². The number of rotatable bonds is 2. The van der Waals surface area contributed by atoms with E-state index in [0.29, 0.717) is 23.3 Å². The Morgan fingerprint density at radius 1 is 1.12 bits per heavy atom. The normalized spacial score (nSPS) is 43.5. The highest BCUT2D eigenvalue weighted by Crippen LogP contribution is 2.72. The molecule has 1 nitrogen and oxygen atoms in total. The lowest BCUT2D eigenvalue weighted by Crippen LogP contribution is -2.09. The molecule has 3 aliphatic carbocycles. The van der Waals surface area contributed by atoms with Gasteiger partial charge in [-0.15, -0.1) is 0 Å². The number of hydrogen-bond acceptors (Lipinski definition) is 1. The molecule has 90 valence electrons. The molecule has 2 heteroatoms. The van der Waals surface area contributed by atoms with Crippen LogP contribution in [0.1, 0.15) is 30.9 Å². The van der Waals surface area contributed by atoms with Crippen LogP contribution in [0.25, 0.3) is 0 Å². The van der Waals surface area contributed by atoms with Crippen molar-refractivity contribution in [2.24, 2.45) is 29.6 Å². The highest BCUT2D eigenvalue weighted by atomic mass is 19.1. The first kappa shape index (κ1) is 10.1. The number of aliphatic hydroxyl groups is 1. The van der Waals surface area contributed by atoms with Crippen LogP contribution in [0.5, 0.6) is 0 Å². The van der Waals surface area contributed by atoms with E-state index in [1.165, 1.54) is 25.3 Å². The van der Waals surface area contributed by atoms with Gasteiger partial charge in [-0.1, -0.05) is 18.2 Å². The second-order valence-electron chi connectivity index (χ2n) is 6.03. The standard InChI is InChI=1S/C15H17FO/c16-11-4-2-1-3-10(11)15(17)14-12-8-5-6-9(7-8)13(12)14/h1-4,8-9,12-15,17H,5-7H2. The minimum atomic E-state index is -0.574. The minimum absolute atomic E-state index is 0.252. The molecule has 0 spiro atoms. The molecule has 5 atom stereocenters. The summed E-state index contributed by atoms with van der Waals surface area (Å²) in [6.45, 7) is 0. The number of benzene rings is 1. The molecule has 0 heterocycles. The summed E-state index contributed by atoms with van der Waals surface area (Å²) in [6, 6.07) is 6.68. The molecule has 0 amide bonds. The quantitative estimate of drug-likeness (QED) is 0.830. The van der Waals surface area contributed by atoms with Crippen molar-refractivity contribution in [2.45, 2.75) is 25.4 Å². The van der Waals surface area contributed by atoms with E-state index in [0.717, 1.165) is 11.8 Å². The molecule has 3 aliphatic rings. The Bertz CT molecular complexity index is 442. The molecule has 1 aromatic rings. The van der Waals surface area contributed by atoms with E-state index in [1.807, 2.05) is 6.07 Å². The summed E-state index contributed by atoms with van der Waals surface area (Å²) < 4.78 is 13.7. The molecule has 2 bridgehead atoms. The van der Waals surface area contributed by atoms with Crippen LogP contribution in [0.4, 0.5) is 4.39 Å². The Hall–Kier alpha value is -0.890. The van der Waals surface area contributed by atoms with Gasteiger partial charge in [-0.3, -0.25) is 0 Å². The third-order valence-electron chi connectivity index (χ3n) is 5.38. The van der Waals surface area contributed by atoms with Crippen LogP contribution < -0.4 is 0 Å². The van der Waals surface area contributed by atoms with Crippen molar-refractivity contribution in [1.82, 2.24) is 0 Å². The first-order chi connectivity index (χ1) is 8.27. The fraction of sp³-hybridized carbons (Fsp3) is 0.600. The van der Waals surface area contributed by atoms with Crippen LogP contribution in [-0.4, -0.2) is 5.11 Å². The van der Waals surface area contributed by atoms with Crippen molar-refractivity contribution in [2.75, 3.05) is 0 Å². The number of aliphatic hydroxyl groups excluding tert-OH is 1. The predicted molar refractivity (Wildman–Crippen MR) is 62.7 cm³/mol. The SMILES string of the molecule is OC(c1ccccc1F)C1C2C3CCC(C3)C21. The van der Waals surface area contributed by atoms with E-state index in [2.05, 4.69) is 0 Å². The molecule has 1 aromatic carbocycles. The van der Waals surface area contributed by atoms with E-state index >= 15 is 0 Å². The number of hydrogen-bond donors (Lipinski definition) is 1. The van der Waals surface area contributed by atoms with Gasteiger partial charge in [0.2, 0.25) is 0 Å². The minimum Gasteiger partial charge on any atom is -0.388 e. The maximum absolute atomic E-state index is 13.7. The highest BCUT2D eigenvalue weighted by molar-refractivity contribution is 5.25. The molecule has 5 unspecified atom stereocenters. The van der Waals surface area contributed by atoms with Crippen LogP contribution in [0, 0.1) is 35.4 Å². The van der Waals surface area contributed by atoms with Crippen molar-refractivity contribution in [3.05, 3.63) is 35.6 Å². The first-order valence-corrected chi connectivity index (χ1v) is 6.70. The molecule has 0 radical (unpaired) electrons. The van der Waals surface area contributed by atoms with Crippen molar-refractivity contribution >= 4 is 0 Å². The summed E-state index contributed by atoms with van der Waals surface area (Å²) in [7, 11) is 0. The largest absolute Gasteiger partial charge is 0.388 e. The van der Waals surface area contributed by atoms with Gasteiger partial charge in [0.1, 0.15) is 5.82 Å². The van der Waals surface area contributed by atoms with Gasteiger partial charge in [0.25, 0.3) is 0 Å². The smallest absolute Gasteiger partial charge is 0.129 e. The summed E-state index contributed by atoms with van der Waals surface area (Å²) in [6.07, 6.45) is 3.48. The lowest BCUT2D eigenvalue weighted by molar-refractivity contribution is 0.126. The molecule has 0 aliphatic heterocycles. The van der Waals surface area contributed by atoms with E-state index in [4.69, 9.17) is 0 Å². The fourth-order valence-corrected chi connectivity index (χ4v) is 4.74. The van der Waals surface area contributed by atoms with Gasteiger partial charge < -0.3 is 5.11 Å². The number of fused-ring (bicyclic) bond motifs is 5. The molecule has 1 N–H and O–H groups in total. The third kappa shape index (κ3) is 1.28. The van der Waals surface area contributed by atoms with Gasteiger partial charge in [0.05, 0.1) is 6.10 Å². The van der Waals surface area contributed by atoms with Crippen LogP contribution in [0.2, 0.25) is 0 Å².